The number of nitrogens with two attached hydrogens (primary N) is 1. The molecule has 4 heterocycles. The molecule has 17 atom stereocenters. The first-order valence-electron chi connectivity index (χ1n) is 38.1. The molecule has 0 aromatic heterocycles. The lowest BCUT2D eigenvalue weighted by molar-refractivity contribution is -0.289. The van der Waals surface area contributed by atoms with Crippen LogP contribution in [0.25, 0.3) is 11.1 Å². The van der Waals surface area contributed by atoms with Gasteiger partial charge in [-0.2, -0.15) is 0 Å². The number of carbonyl (C=O) groups is 8. The normalized spacial score (nSPS) is 25.4. The van der Waals surface area contributed by atoms with E-state index in [0.717, 1.165) is 42.3 Å². The first kappa shape index (κ1) is 92.0. The molecule has 4 aliphatic heterocycles. The van der Waals surface area contributed by atoms with Gasteiger partial charge in [0.05, 0.1) is 63.4 Å². The predicted molar refractivity (Wildman–Crippen MR) is 436 cm³/mol. The lowest BCUT2D eigenvalue weighted by atomic mass is 9.80. The molecule has 120 heavy (non-hydrogen) atoms. The molecular formula is C83H95Cl4N9O24. The van der Waals surface area contributed by atoms with E-state index >= 15 is 0 Å². The van der Waals surface area contributed by atoms with Crippen molar-refractivity contribution >= 4 is 93.7 Å². The van der Waals surface area contributed by atoms with Crippen molar-refractivity contribution in [3.8, 4) is 62.9 Å². The molecular weight excluding hydrogens is 1650 g/mol. The highest BCUT2D eigenvalue weighted by molar-refractivity contribution is 6.42. The van der Waals surface area contributed by atoms with Crippen molar-refractivity contribution in [1.82, 2.24) is 42.5 Å². The summed E-state index contributed by atoms with van der Waals surface area (Å²) in [6, 6.07) is 18.5. The number of aliphatic hydroxyl groups excluding tert-OH is 6. The standard InChI is InChI=1S/C83H95Cl4N9O24/c1-37(2)23-54(89-6)78(109)96-70-71(104)44-16-22-60(53(87)27-44)118-62-10-8-9-61(74(62)119-63-28-45(35-97)72(105)73(106)75(63)120-66-33-83(5,76(107)39(4)116-66)91-34-40-11-17-47(18-12-40)115-36-41-13-19-50(84)51(85)24-41)117-59-21-15-42(26-52(59)86)57(100)32-65(103)94-69(82(113)114)49-29-46(98)30-58(101)67(49)48-25-43(14-20-56(48)99)68(80(111)90-7)95-77(108)38(3)92-79(110)55(31-64(88)102)93-81(70)112/h8-22,24-27,29-30,37-39,45,54-55,57,63,66,68-73,75-76,89,91,97-101,104-107H,23,28,31-36H2,1-7H3,(H2,88,102)(H,90,111)(H,92,110)(H,93,112)(H,94,103)(H,95,108)(H,96,109)(H,113,114)/t38-,39?,45?,54-,55+,57+,63?,66?,68?,69-,70-,71-,72?,73?,75?,76?,83?/m1/s1. The van der Waals surface area contributed by atoms with Gasteiger partial charge in [-0.25, -0.2) is 4.79 Å². The van der Waals surface area contributed by atoms with Crippen molar-refractivity contribution in [2.75, 3.05) is 20.7 Å². The van der Waals surface area contributed by atoms with Gasteiger partial charge in [0.25, 0.3) is 0 Å². The van der Waals surface area contributed by atoms with Crippen LogP contribution in [0.5, 0.6) is 51.7 Å². The van der Waals surface area contributed by atoms with Crippen molar-refractivity contribution in [3.05, 3.63) is 181 Å². The smallest absolute Gasteiger partial charge is 0.330 e. The van der Waals surface area contributed by atoms with E-state index in [2.05, 4.69) is 42.5 Å². The third-order valence-corrected chi connectivity index (χ3v) is 22.1. The quantitative estimate of drug-likeness (QED) is 0.0389. The first-order chi connectivity index (χ1) is 56.9. The molecule has 37 heteroatoms. The summed E-state index contributed by atoms with van der Waals surface area (Å²) in [5.41, 5.74) is 4.21. The number of amides is 7. The number of likely N-dealkylation sites (N-methyl/N-ethyl adjacent to an activating group) is 2. The minimum atomic E-state index is -2.20. The lowest BCUT2D eigenvalue weighted by Gasteiger charge is -2.48. The molecule has 20 N–H and O–H groups in total. The second-order valence-corrected chi connectivity index (χ2v) is 31.8. The zero-order valence-electron chi connectivity index (χ0n) is 65.9. The van der Waals surface area contributed by atoms with Crippen LogP contribution in [0.4, 0.5) is 0 Å². The number of carboxylic acid groups (broad SMARTS) is 1. The number of aliphatic carboxylic acids is 1. The van der Waals surface area contributed by atoms with E-state index < -0.39 is 204 Å². The minimum Gasteiger partial charge on any atom is -0.508 e. The summed E-state index contributed by atoms with van der Waals surface area (Å²) in [5, 5.41) is 136. The molecule has 7 aromatic rings. The number of aromatic hydroxyl groups is 3. The Hall–Kier alpha value is -10.3. The highest BCUT2D eigenvalue weighted by atomic mass is 35.5. The Morgan fingerprint density at radius 3 is 1.96 bits per heavy atom. The number of rotatable bonds is 20. The van der Waals surface area contributed by atoms with Crippen LogP contribution in [0, 0.1) is 11.8 Å². The van der Waals surface area contributed by atoms with Crippen LogP contribution < -0.4 is 67.2 Å². The van der Waals surface area contributed by atoms with Crippen molar-refractivity contribution < 1.29 is 118 Å². The molecule has 0 spiro atoms. The summed E-state index contributed by atoms with van der Waals surface area (Å²) >= 11 is 26.4. The number of hydrogen-bond acceptors (Lipinski definition) is 25. The van der Waals surface area contributed by atoms with Gasteiger partial charge in [-0.1, -0.05) is 103 Å². The molecule has 7 aromatic carbocycles. The van der Waals surface area contributed by atoms with Crippen LogP contribution >= 0.6 is 46.4 Å². The van der Waals surface area contributed by atoms with Gasteiger partial charge < -0.3 is 128 Å². The summed E-state index contributed by atoms with van der Waals surface area (Å²) in [5.74, 6) is -13.4. The van der Waals surface area contributed by atoms with E-state index in [-0.39, 0.29) is 93.8 Å². The SMILES string of the molecule is CNC(=O)C1NC(=O)[C@@H](C)NC(=O)[C@H](CC(N)=O)NC(=O)[C@H](NC(=O)[C@@H](CC(C)C)NC)[C@H](O)c2ccc(c(Cl)c2)Oc2cccc(c2OC2CC(CO)C(O)C(O)C2OC2CC(C)(NCc3ccc(OCc4ccc(Cl)c(Cl)c4)cc3)C(O)C(C)O2)Oc2ccc(cc2Cl)[C@@H](O)CC(=O)N[C@@H](C(=O)O)c2cc(O)cc(O)c2-c2cc1ccc2O. The molecule has 644 valence electrons. The molecule has 8 bridgehead atoms. The Labute approximate surface area is 709 Å². The van der Waals surface area contributed by atoms with Gasteiger partial charge in [-0.05, 0) is 153 Å². The van der Waals surface area contributed by atoms with Crippen LogP contribution in [0.2, 0.25) is 20.1 Å². The topological polar surface area (TPSA) is 517 Å². The Morgan fingerprint density at radius 2 is 1.34 bits per heavy atom. The summed E-state index contributed by atoms with van der Waals surface area (Å²) in [4.78, 5) is 112. The number of aliphatic hydroxyl groups is 6. The third kappa shape index (κ3) is 22.4. The largest absolute Gasteiger partial charge is 0.508 e. The molecule has 1 saturated carbocycles. The average Bonchev–Trinajstić information content (AvgIpc) is 0.772. The maximum atomic E-state index is 14.9. The number of carboxylic acids is 1. The Kier molecular flexibility index (Phi) is 30.9. The fourth-order valence-electron chi connectivity index (χ4n) is 14.3. The number of benzene rings is 7. The van der Waals surface area contributed by atoms with Crippen molar-refractivity contribution in [2.45, 2.75) is 177 Å². The van der Waals surface area contributed by atoms with Crippen LogP contribution in [-0.4, -0.2) is 192 Å². The molecule has 12 rings (SSSR count). The monoisotopic (exact) mass is 1740 g/mol. The number of nitrogens with one attached hydrogen (secondary N) is 8. The highest BCUT2D eigenvalue weighted by Crippen LogP contribution is 2.49. The Morgan fingerprint density at radius 1 is 0.692 bits per heavy atom. The molecule has 33 nitrogen and oxygen atoms in total. The summed E-state index contributed by atoms with van der Waals surface area (Å²) < 4.78 is 39.0. The van der Waals surface area contributed by atoms with E-state index in [1.807, 2.05) is 26.0 Å². The second kappa shape index (κ2) is 40.4. The van der Waals surface area contributed by atoms with Gasteiger partial charge in [0.1, 0.15) is 89.7 Å². The average molecular weight is 1740 g/mol. The van der Waals surface area contributed by atoms with Crippen LogP contribution in [0.1, 0.15) is 124 Å². The first-order valence-corrected chi connectivity index (χ1v) is 39.7. The van der Waals surface area contributed by atoms with E-state index in [1.54, 1.807) is 44.2 Å². The lowest BCUT2D eigenvalue weighted by Crippen LogP contribution is -2.64. The highest BCUT2D eigenvalue weighted by Gasteiger charge is 2.51. The molecule has 1 saturated heterocycles. The van der Waals surface area contributed by atoms with E-state index in [4.69, 9.17) is 80.6 Å². The number of phenols is 3. The van der Waals surface area contributed by atoms with Crippen LogP contribution in [-0.2, 0) is 61.0 Å². The fourth-order valence-corrected chi connectivity index (χ4v) is 15.0. The van der Waals surface area contributed by atoms with Gasteiger partial charge >= 0.3 is 5.97 Å². The fraction of sp³-hybridized carbons (Fsp3) is 0.398. The minimum absolute atomic E-state index is 0.0366. The number of halogens is 4. The Balaban J connectivity index is 1.03. The van der Waals surface area contributed by atoms with Crippen molar-refractivity contribution in [3.63, 3.8) is 0 Å². The zero-order chi connectivity index (χ0) is 87.5. The molecule has 0 radical (unpaired) electrons. The van der Waals surface area contributed by atoms with Crippen LogP contribution in [0.3, 0.4) is 0 Å². The molecule has 7 amide bonds. The second-order valence-electron chi connectivity index (χ2n) is 30.1. The van der Waals surface area contributed by atoms with Crippen LogP contribution in [0.15, 0.2) is 127 Å². The third-order valence-electron chi connectivity index (χ3n) is 20.8. The van der Waals surface area contributed by atoms with Gasteiger partial charge in [-0.15, -0.1) is 0 Å². The molecule has 1 aliphatic carbocycles. The Bertz CT molecular complexity index is 4920. The zero-order valence-corrected chi connectivity index (χ0v) is 68.9. The number of primary amides is 1. The van der Waals surface area contributed by atoms with E-state index in [1.165, 1.54) is 74.8 Å². The summed E-state index contributed by atoms with van der Waals surface area (Å²) in [7, 11) is 2.68. The van der Waals surface area contributed by atoms with Crippen molar-refractivity contribution in [2.24, 2.45) is 17.6 Å². The molecule has 5 aliphatic rings. The van der Waals surface area contributed by atoms with Gasteiger partial charge in [0.2, 0.25) is 47.1 Å². The van der Waals surface area contributed by atoms with E-state index in [0.29, 0.717) is 15.8 Å². The summed E-state index contributed by atoms with van der Waals surface area (Å²) in [6.07, 6.45) is -15.5. The van der Waals surface area contributed by atoms with E-state index in [9.17, 15) is 89.4 Å². The maximum Gasteiger partial charge on any atom is 0.330 e. The van der Waals surface area contributed by atoms with Crippen molar-refractivity contribution in [1.29, 1.82) is 0 Å². The van der Waals surface area contributed by atoms with Gasteiger partial charge in [0.15, 0.2) is 23.8 Å². The number of fused-ring (bicyclic) bond motifs is 2. The number of carbonyl (C=O) groups excluding carboxylic acids is 7. The maximum absolute atomic E-state index is 14.9. The van der Waals surface area contributed by atoms with Gasteiger partial charge in [0, 0.05) is 60.8 Å². The number of phenolic OH excluding ortho intramolecular Hbond substituents is 3. The summed E-state index contributed by atoms with van der Waals surface area (Å²) in [6.45, 7) is 7.94. The number of para-hydroxylation sites is 1. The number of hydrogen-bond donors (Lipinski definition) is 19. The molecule has 2 fully saturated rings. The number of ether oxygens (including phenoxy) is 6. The van der Waals surface area contributed by atoms with Gasteiger partial charge in [-0.3, -0.25) is 33.6 Å². The predicted octanol–water partition coefficient (Wildman–Crippen LogP) is 6.46. The molecule has 10 unspecified atom stereocenters.